The maximum Gasteiger partial charge on any atom is 0.273 e. The molecule has 3 aromatic rings. The van der Waals surface area contributed by atoms with Gasteiger partial charge in [-0.05, 0) is 36.2 Å². The van der Waals surface area contributed by atoms with Gasteiger partial charge in [0.2, 0.25) is 0 Å². The van der Waals surface area contributed by atoms with E-state index in [2.05, 4.69) is 10.5 Å². The summed E-state index contributed by atoms with van der Waals surface area (Å²) in [7, 11) is 0. The molecule has 30 heavy (non-hydrogen) atoms. The minimum absolute atomic E-state index is 0.0427. The Morgan fingerprint density at radius 2 is 1.83 bits per heavy atom. The van der Waals surface area contributed by atoms with Gasteiger partial charge in [-0.3, -0.25) is 14.9 Å². The van der Waals surface area contributed by atoms with Crippen LogP contribution >= 0.6 is 0 Å². The van der Waals surface area contributed by atoms with Crippen LogP contribution in [0.15, 0.2) is 77.9 Å². The lowest BCUT2D eigenvalue weighted by Crippen LogP contribution is -2.17. The van der Waals surface area contributed by atoms with E-state index in [9.17, 15) is 14.9 Å². The van der Waals surface area contributed by atoms with E-state index < -0.39 is 4.92 Å². The summed E-state index contributed by atoms with van der Waals surface area (Å²) < 4.78 is 5.68. The van der Waals surface area contributed by atoms with Gasteiger partial charge < -0.3 is 4.74 Å². The first-order chi connectivity index (χ1) is 14.6. The average Bonchev–Trinajstić information content (AvgIpc) is 2.78. The summed E-state index contributed by atoms with van der Waals surface area (Å²) >= 11 is 0. The van der Waals surface area contributed by atoms with Crippen molar-refractivity contribution in [1.29, 1.82) is 0 Å². The fraction of sp³-hybridized carbons (Fsp3) is 0.130. The number of carbonyl (C=O) groups excluding carboxylic acids is 1. The van der Waals surface area contributed by atoms with Crippen LogP contribution in [0.5, 0.6) is 5.75 Å². The number of benzene rings is 3. The van der Waals surface area contributed by atoms with Crippen molar-refractivity contribution in [2.24, 2.45) is 5.10 Å². The van der Waals surface area contributed by atoms with Crippen molar-refractivity contribution in [3.8, 4) is 5.75 Å². The highest BCUT2D eigenvalue weighted by molar-refractivity contribution is 5.95. The number of nitro groups is 1. The molecule has 0 saturated heterocycles. The van der Waals surface area contributed by atoms with Gasteiger partial charge in [-0.15, -0.1) is 0 Å². The molecule has 0 fully saturated rings. The monoisotopic (exact) mass is 403 g/mol. The highest BCUT2D eigenvalue weighted by Gasteiger charge is 2.12. The number of rotatable bonds is 8. The van der Waals surface area contributed by atoms with Crippen LogP contribution in [0, 0.1) is 10.1 Å². The van der Waals surface area contributed by atoms with Crippen molar-refractivity contribution in [2.45, 2.75) is 20.0 Å². The van der Waals surface area contributed by atoms with E-state index in [1.807, 2.05) is 49.4 Å². The predicted octanol–water partition coefficient (Wildman–Crippen LogP) is 4.50. The number of amides is 1. The molecule has 3 rings (SSSR count). The molecule has 0 spiro atoms. The summed E-state index contributed by atoms with van der Waals surface area (Å²) in [5.41, 5.74) is 5.04. The lowest BCUT2D eigenvalue weighted by Gasteiger charge is -2.06. The number of aryl methyl sites for hydroxylation is 1. The summed E-state index contributed by atoms with van der Waals surface area (Å²) in [5.74, 6) is 0.405. The Balaban J connectivity index is 1.57. The van der Waals surface area contributed by atoms with Crippen LogP contribution in [0.1, 0.15) is 34.0 Å². The molecular formula is C23H21N3O4. The first-order valence-electron chi connectivity index (χ1n) is 9.44. The normalized spacial score (nSPS) is 10.7. The van der Waals surface area contributed by atoms with E-state index in [0.29, 0.717) is 29.7 Å². The van der Waals surface area contributed by atoms with Crippen LogP contribution in [0.2, 0.25) is 0 Å². The van der Waals surface area contributed by atoms with Crippen LogP contribution in [-0.2, 0) is 13.0 Å². The van der Waals surface area contributed by atoms with Gasteiger partial charge in [-0.2, -0.15) is 5.10 Å². The molecule has 7 heteroatoms. The molecule has 0 radical (unpaired) electrons. The predicted molar refractivity (Wildman–Crippen MR) is 115 cm³/mol. The summed E-state index contributed by atoms with van der Waals surface area (Å²) in [6, 6.07) is 21.3. The molecule has 0 bridgehead atoms. The second-order valence-electron chi connectivity index (χ2n) is 6.50. The first kappa shape index (κ1) is 20.7. The van der Waals surface area contributed by atoms with Crippen LogP contribution in [-0.4, -0.2) is 17.0 Å². The Morgan fingerprint density at radius 1 is 1.10 bits per heavy atom. The van der Waals surface area contributed by atoms with Gasteiger partial charge in [0.25, 0.3) is 11.6 Å². The minimum atomic E-state index is -0.419. The Bertz CT molecular complexity index is 1050. The average molecular weight is 403 g/mol. The van der Waals surface area contributed by atoms with Gasteiger partial charge >= 0.3 is 0 Å². The zero-order chi connectivity index (χ0) is 21.3. The molecule has 0 saturated carbocycles. The third-order valence-electron chi connectivity index (χ3n) is 4.43. The minimum Gasteiger partial charge on any atom is -0.489 e. The van der Waals surface area contributed by atoms with Crippen molar-refractivity contribution < 1.29 is 14.5 Å². The standard InChI is InChI=1S/C23H21N3O4/c1-2-19-11-10-18(14-22(19)26(28)29)15-24-25-23(27)20-12-8-17(9-13-20)16-30-21-6-4-3-5-7-21/h3-15H,2,16H2,1H3,(H,25,27)/b24-15-. The number of nitrogens with zero attached hydrogens (tertiary/aromatic N) is 2. The second-order valence-corrected chi connectivity index (χ2v) is 6.50. The number of hydrogen-bond acceptors (Lipinski definition) is 5. The zero-order valence-corrected chi connectivity index (χ0v) is 16.4. The lowest BCUT2D eigenvalue weighted by molar-refractivity contribution is -0.385. The Labute approximate surface area is 174 Å². The summed E-state index contributed by atoms with van der Waals surface area (Å²) in [6.07, 6.45) is 1.95. The molecule has 152 valence electrons. The highest BCUT2D eigenvalue weighted by Crippen LogP contribution is 2.20. The first-order valence-corrected chi connectivity index (χ1v) is 9.44. The molecule has 1 amide bonds. The SMILES string of the molecule is CCc1ccc(/C=N\NC(=O)c2ccc(COc3ccccc3)cc2)cc1[N+](=O)[O-]. The molecule has 3 aromatic carbocycles. The van der Waals surface area contributed by atoms with Crippen molar-refractivity contribution in [2.75, 3.05) is 0 Å². The maximum absolute atomic E-state index is 12.2. The molecule has 0 aliphatic rings. The van der Waals surface area contributed by atoms with E-state index in [1.54, 1.807) is 24.3 Å². The van der Waals surface area contributed by atoms with Crippen LogP contribution < -0.4 is 10.2 Å². The summed E-state index contributed by atoms with van der Waals surface area (Å²) in [5, 5.41) is 15.0. The maximum atomic E-state index is 12.2. The van der Waals surface area contributed by atoms with Gasteiger partial charge in [0.05, 0.1) is 11.1 Å². The summed E-state index contributed by atoms with van der Waals surface area (Å²) in [4.78, 5) is 23.0. The highest BCUT2D eigenvalue weighted by atomic mass is 16.6. The van der Waals surface area contributed by atoms with Crippen molar-refractivity contribution in [3.63, 3.8) is 0 Å². The smallest absolute Gasteiger partial charge is 0.273 e. The van der Waals surface area contributed by atoms with Gasteiger partial charge in [0.15, 0.2) is 0 Å². The largest absolute Gasteiger partial charge is 0.489 e. The number of hydrogen-bond donors (Lipinski definition) is 1. The molecule has 0 aliphatic heterocycles. The third-order valence-corrected chi connectivity index (χ3v) is 4.43. The number of ether oxygens (including phenoxy) is 1. The number of nitrogens with one attached hydrogen (secondary N) is 1. The van der Waals surface area contributed by atoms with Crippen LogP contribution in [0.25, 0.3) is 0 Å². The zero-order valence-electron chi connectivity index (χ0n) is 16.4. The molecule has 0 aliphatic carbocycles. The second kappa shape index (κ2) is 9.97. The lowest BCUT2D eigenvalue weighted by atomic mass is 10.1. The Hall–Kier alpha value is -4.00. The molecule has 0 atom stereocenters. The van der Waals surface area contributed by atoms with Crippen molar-refractivity contribution in [3.05, 3.63) is 105 Å². The van der Waals surface area contributed by atoms with E-state index in [1.165, 1.54) is 12.3 Å². The van der Waals surface area contributed by atoms with E-state index >= 15 is 0 Å². The quantitative estimate of drug-likeness (QED) is 0.340. The molecule has 0 heterocycles. The molecule has 1 N–H and O–H groups in total. The van der Waals surface area contributed by atoms with Crippen molar-refractivity contribution in [1.82, 2.24) is 5.43 Å². The van der Waals surface area contributed by atoms with Gasteiger partial charge in [0.1, 0.15) is 12.4 Å². The number of hydrazone groups is 1. The third kappa shape index (κ3) is 5.51. The van der Waals surface area contributed by atoms with E-state index in [-0.39, 0.29) is 11.6 Å². The molecule has 0 unspecified atom stereocenters. The fourth-order valence-corrected chi connectivity index (χ4v) is 2.80. The molecule has 7 nitrogen and oxygen atoms in total. The summed E-state index contributed by atoms with van der Waals surface area (Å²) in [6.45, 7) is 2.26. The number of carbonyl (C=O) groups is 1. The van der Waals surface area contributed by atoms with Crippen LogP contribution in [0.4, 0.5) is 5.69 Å². The topological polar surface area (TPSA) is 93.8 Å². The van der Waals surface area contributed by atoms with E-state index in [0.717, 1.165) is 11.3 Å². The Morgan fingerprint density at radius 3 is 2.50 bits per heavy atom. The van der Waals surface area contributed by atoms with Gasteiger partial charge in [-0.25, -0.2) is 5.43 Å². The number of para-hydroxylation sites is 1. The van der Waals surface area contributed by atoms with Gasteiger partial charge in [0, 0.05) is 22.8 Å². The van der Waals surface area contributed by atoms with Crippen LogP contribution in [0.3, 0.4) is 0 Å². The Kier molecular flexibility index (Phi) is 6.89. The number of nitro benzene ring substituents is 1. The molecular weight excluding hydrogens is 382 g/mol. The fourth-order valence-electron chi connectivity index (χ4n) is 2.80. The molecule has 0 aromatic heterocycles. The van der Waals surface area contributed by atoms with Crippen molar-refractivity contribution >= 4 is 17.8 Å². The van der Waals surface area contributed by atoms with E-state index in [4.69, 9.17) is 4.74 Å². The van der Waals surface area contributed by atoms with Gasteiger partial charge in [-0.1, -0.05) is 49.4 Å².